The Bertz CT molecular complexity index is 702. The molecule has 0 unspecified atom stereocenters. The maximum atomic E-state index is 12.6. The first-order valence-corrected chi connectivity index (χ1v) is 10.3. The van der Waals surface area contributed by atoms with E-state index < -0.39 is 6.04 Å². The van der Waals surface area contributed by atoms with Crippen molar-refractivity contribution in [1.29, 1.82) is 0 Å². The number of anilines is 1. The number of nitrogens with zero attached hydrogens (tertiary/aromatic N) is 1. The molecule has 1 aliphatic rings. The smallest absolute Gasteiger partial charge is 0.253 e. The van der Waals surface area contributed by atoms with Crippen molar-refractivity contribution in [3.63, 3.8) is 0 Å². The van der Waals surface area contributed by atoms with Crippen LogP contribution in [0.2, 0.25) is 0 Å². The van der Waals surface area contributed by atoms with Crippen LogP contribution in [0.4, 0.5) is 5.69 Å². The molecule has 1 fully saturated rings. The van der Waals surface area contributed by atoms with Gasteiger partial charge in [0.15, 0.2) is 0 Å². The van der Waals surface area contributed by atoms with Crippen LogP contribution in [0, 0.1) is 12.8 Å². The van der Waals surface area contributed by atoms with Crippen molar-refractivity contribution < 1.29 is 14.4 Å². The lowest BCUT2D eigenvalue weighted by Gasteiger charge is -2.26. The second kappa shape index (κ2) is 9.75. The molecule has 1 aromatic rings. The third-order valence-electron chi connectivity index (χ3n) is 4.50. The monoisotopic (exact) mass is 392 g/mol. The summed E-state index contributed by atoms with van der Waals surface area (Å²) in [6.07, 6.45) is 0. The third-order valence-corrected chi connectivity index (χ3v) is 5.44. The molecule has 1 heterocycles. The molecule has 7 nitrogen and oxygen atoms in total. The molecule has 0 aliphatic carbocycles. The fourth-order valence-corrected chi connectivity index (χ4v) is 3.52. The van der Waals surface area contributed by atoms with Crippen molar-refractivity contribution in [2.45, 2.75) is 26.8 Å². The molecule has 1 saturated heterocycles. The summed E-state index contributed by atoms with van der Waals surface area (Å²) >= 11 is 1.84. The van der Waals surface area contributed by atoms with Crippen LogP contribution in [0.3, 0.4) is 0 Å². The topological polar surface area (TPSA) is 105 Å². The number of amides is 3. The van der Waals surface area contributed by atoms with E-state index in [1.807, 2.05) is 43.5 Å². The van der Waals surface area contributed by atoms with Crippen molar-refractivity contribution in [2.75, 3.05) is 36.5 Å². The minimum Gasteiger partial charge on any atom is -0.346 e. The van der Waals surface area contributed by atoms with Gasteiger partial charge in [0.05, 0.1) is 12.6 Å². The van der Waals surface area contributed by atoms with Crippen LogP contribution in [-0.2, 0) is 9.59 Å². The molecule has 4 N–H and O–H groups in total. The minimum absolute atomic E-state index is 0.00816. The predicted octanol–water partition coefficient (Wildman–Crippen LogP) is 1.22. The fourth-order valence-electron chi connectivity index (χ4n) is 2.62. The van der Waals surface area contributed by atoms with Gasteiger partial charge in [0.25, 0.3) is 5.91 Å². The first kappa shape index (κ1) is 21.2. The minimum atomic E-state index is -0.650. The molecule has 27 heavy (non-hydrogen) atoms. The molecule has 1 atom stereocenters. The quantitative estimate of drug-likeness (QED) is 0.675. The molecule has 0 saturated carbocycles. The van der Waals surface area contributed by atoms with Crippen LogP contribution < -0.4 is 16.4 Å². The first-order chi connectivity index (χ1) is 12.8. The van der Waals surface area contributed by atoms with Gasteiger partial charge in [0.2, 0.25) is 11.8 Å². The highest BCUT2D eigenvalue weighted by Crippen LogP contribution is 2.19. The number of nitrogens with two attached hydrogens (primary N) is 1. The van der Waals surface area contributed by atoms with E-state index in [1.54, 1.807) is 12.1 Å². The van der Waals surface area contributed by atoms with Crippen molar-refractivity contribution in [1.82, 2.24) is 10.2 Å². The summed E-state index contributed by atoms with van der Waals surface area (Å²) in [6, 6.07) is 4.63. The van der Waals surface area contributed by atoms with Gasteiger partial charge in [-0.1, -0.05) is 19.9 Å². The summed E-state index contributed by atoms with van der Waals surface area (Å²) in [6.45, 7) is 6.85. The zero-order valence-corrected chi connectivity index (χ0v) is 16.9. The van der Waals surface area contributed by atoms with E-state index in [1.165, 1.54) is 0 Å². The molecule has 0 radical (unpaired) electrons. The van der Waals surface area contributed by atoms with E-state index in [2.05, 4.69) is 10.6 Å². The normalized spacial score (nSPS) is 15.4. The van der Waals surface area contributed by atoms with Gasteiger partial charge in [-0.15, -0.1) is 0 Å². The van der Waals surface area contributed by atoms with Gasteiger partial charge in [-0.3, -0.25) is 14.4 Å². The SMILES string of the molecule is Cc1ccc(C(=O)N2CCSCC2)cc1NC(=O)CNC(=O)[C@@H](N)C(C)C. The fraction of sp³-hybridized carbons (Fsp3) is 0.526. The van der Waals surface area contributed by atoms with Crippen LogP contribution in [0.5, 0.6) is 0 Å². The van der Waals surface area contributed by atoms with E-state index in [4.69, 9.17) is 5.73 Å². The second-order valence-corrected chi connectivity index (χ2v) is 8.19. The van der Waals surface area contributed by atoms with Crippen molar-refractivity contribution in [3.8, 4) is 0 Å². The predicted molar refractivity (Wildman–Crippen MR) is 109 cm³/mol. The summed E-state index contributed by atoms with van der Waals surface area (Å²) in [4.78, 5) is 38.5. The lowest BCUT2D eigenvalue weighted by atomic mass is 10.1. The van der Waals surface area contributed by atoms with Gasteiger partial charge in [0, 0.05) is 35.8 Å². The van der Waals surface area contributed by atoms with Crippen LogP contribution in [-0.4, -0.2) is 59.8 Å². The lowest BCUT2D eigenvalue weighted by Crippen LogP contribution is -2.46. The average Bonchev–Trinajstić information content (AvgIpc) is 2.67. The number of aryl methyl sites for hydroxylation is 1. The maximum Gasteiger partial charge on any atom is 0.253 e. The van der Waals surface area contributed by atoms with Crippen LogP contribution >= 0.6 is 11.8 Å². The number of hydrogen-bond acceptors (Lipinski definition) is 5. The van der Waals surface area contributed by atoms with Crippen molar-refractivity contribution >= 4 is 35.2 Å². The standard InChI is InChI=1S/C19H28N4O3S/c1-12(2)17(20)18(25)21-11-16(24)22-15-10-14(5-4-13(15)3)19(26)23-6-8-27-9-7-23/h4-5,10,12,17H,6-9,11,20H2,1-3H3,(H,21,25)(H,22,24)/t17-/m0/s1. The number of benzene rings is 1. The Hall–Kier alpha value is -2.06. The van der Waals surface area contributed by atoms with Crippen LogP contribution in [0.1, 0.15) is 29.8 Å². The Balaban J connectivity index is 1.98. The Morgan fingerprint density at radius 3 is 2.52 bits per heavy atom. The number of hydrogen-bond donors (Lipinski definition) is 3. The van der Waals surface area contributed by atoms with Gasteiger partial charge in [0.1, 0.15) is 0 Å². The van der Waals surface area contributed by atoms with Gasteiger partial charge in [-0.2, -0.15) is 11.8 Å². The summed E-state index contributed by atoms with van der Waals surface area (Å²) in [5, 5.41) is 5.30. The maximum absolute atomic E-state index is 12.6. The zero-order chi connectivity index (χ0) is 20.0. The second-order valence-electron chi connectivity index (χ2n) is 6.97. The molecule has 0 aromatic heterocycles. The lowest BCUT2D eigenvalue weighted by molar-refractivity contribution is -0.125. The summed E-state index contributed by atoms with van der Waals surface area (Å²) in [5.74, 6) is 1.14. The van der Waals surface area contributed by atoms with Crippen molar-refractivity contribution in [3.05, 3.63) is 29.3 Å². The number of thioether (sulfide) groups is 1. The number of carbonyl (C=O) groups is 3. The molecule has 8 heteroatoms. The highest BCUT2D eigenvalue weighted by Gasteiger charge is 2.20. The molecule has 148 valence electrons. The van der Waals surface area contributed by atoms with Gasteiger partial charge < -0.3 is 21.3 Å². The van der Waals surface area contributed by atoms with Gasteiger partial charge in [-0.25, -0.2) is 0 Å². The zero-order valence-electron chi connectivity index (χ0n) is 16.1. The first-order valence-electron chi connectivity index (χ1n) is 9.10. The number of nitrogens with one attached hydrogen (secondary N) is 2. The Morgan fingerprint density at radius 1 is 1.22 bits per heavy atom. The van der Waals surface area contributed by atoms with Crippen molar-refractivity contribution in [2.24, 2.45) is 11.7 Å². The highest BCUT2D eigenvalue weighted by atomic mass is 32.2. The molecule has 1 aliphatic heterocycles. The average molecular weight is 393 g/mol. The molecule has 0 spiro atoms. The Labute approximate surface area is 164 Å². The van der Waals surface area contributed by atoms with Crippen LogP contribution in [0.25, 0.3) is 0 Å². The Kier molecular flexibility index (Phi) is 7.67. The van der Waals surface area contributed by atoms with E-state index in [0.29, 0.717) is 11.3 Å². The molecule has 3 amide bonds. The van der Waals surface area contributed by atoms with Crippen LogP contribution in [0.15, 0.2) is 18.2 Å². The van der Waals surface area contributed by atoms with E-state index in [0.717, 1.165) is 30.2 Å². The van der Waals surface area contributed by atoms with Gasteiger partial charge in [-0.05, 0) is 30.5 Å². The molecular formula is C19H28N4O3S. The Morgan fingerprint density at radius 2 is 1.89 bits per heavy atom. The molecule has 1 aromatic carbocycles. The molecular weight excluding hydrogens is 364 g/mol. The molecule has 0 bridgehead atoms. The van der Waals surface area contributed by atoms with E-state index in [-0.39, 0.29) is 30.2 Å². The van der Waals surface area contributed by atoms with Gasteiger partial charge >= 0.3 is 0 Å². The third kappa shape index (κ3) is 5.97. The summed E-state index contributed by atoms with van der Waals surface area (Å²) in [5.41, 5.74) is 7.72. The molecule has 2 rings (SSSR count). The number of carbonyl (C=O) groups excluding carboxylic acids is 3. The summed E-state index contributed by atoms with van der Waals surface area (Å²) < 4.78 is 0. The number of rotatable bonds is 6. The summed E-state index contributed by atoms with van der Waals surface area (Å²) in [7, 11) is 0. The highest BCUT2D eigenvalue weighted by molar-refractivity contribution is 7.99. The van der Waals surface area contributed by atoms with E-state index >= 15 is 0 Å². The largest absolute Gasteiger partial charge is 0.346 e. The van der Waals surface area contributed by atoms with E-state index in [9.17, 15) is 14.4 Å².